The minimum absolute atomic E-state index is 0.0351. The molecule has 2 aliphatic carbocycles. The lowest BCUT2D eigenvalue weighted by atomic mass is 9.91. The van der Waals surface area contributed by atoms with Crippen molar-refractivity contribution in [3.63, 3.8) is 0 Å². The maximum atomic E-state index is 13.8. The van der Waals surface area contributed by atoms with Crippen molar-refractivity contribution in [3.8, 4) is 0 Å². The molecule has 0 spiro atoms. The van der Waals surface area contributed by atoms with E-state index in [1.165, 1.54) is 0 Å². The Morgan fingerprint density at radius 1 is 0.660 bits per heavy atom. The molecule has 1 atom stereocenters. The smallest absolute Gasteiger partial charge is 0.208 e. The number of aliphatic hydroxyl groups excluding tert-OH is 1. The number of ketones is 2. The second-order valence-corrected chi connectivity index (χ2v) is 13.4. The van der Waals surface area contributed by atoms with E-state index in [2.05, 4.69) is 48.5 Å². The molecule has 5 rings (SSSR count). The summed E-state index contributed by atoms with van der Waals surface area (Å²) in [6.45, 7) is 0. The third-order valence-electron chi connectivity index (χ3n) is 9.14. The van der Waals surface area contributed by atoms with Gasteiger partial charge in [-0.1, -0.05) is 48.6 Å². The average Bonchev–Trinajstić information content (AvgIpc) is 3.31. The van der Waals surface area contributed by atoms with E-state index in [1.807, 2.05) is 136 Å². The van der Waals surface area contributed by atoms with Gasteiger partial charge >= 0.3 is 0 Å². The molecular formula is C43H47N4O3+. The summed E-state index contributed by atoms with van der Waals surface area (Å²) in [5.74, 6) is -2.42. The summed E-state index contributed by atoms with van der Waals surface area (Å²) in [7, 11) is 16.0. The molecule has 7 nitrogen and oxygen atoms in total. The van der Waals surface area contributed by atoms with Crippen LogP contribution in [0.1, 0.15) is 23.1 Å². The fourth-order valence-electron chi connectivity index (χ4n) is 6.02. The summed E-state index contributed by atoms with van der Waals surface area (Å²) >= 11 is 0. The lowest BCUT2D eigenvalue weighted by molar-refractivity contribution is -0.462. The number of carbonyl (C=O) groups excluding carboxylic acids is 2. The molecule has 0 fully saturated rings. The number of rotatable bonds is 10. The number of benzene rings is 3. The van der Waals surface area contributed by atoms with Gasteiger partial charge in [-0.2, -0.15) is 0 Å². The maximum absolute atomic E-state index is 13.8. The van der Waals surface area contributed by atoms with Crippen LogP contribution in [0.2, 0.25) is 0 Å². The lowest BCUT2D eigenvalue weighted by Gasteiger charge is -2.16. The molecular weight excluding hydrogens is 620 g/mol. The van der Waals surface area contributed by atoms with E-state index in [-0.39, 0.29) is 17.8 Å². The molecule has 0 saturated heterocycles. The number of aliphatic hydroxyl groups is 1. The van der Waals surface area contributed by atoms with Crippen molar-refractivity contribution in [2.24, 2.45) is 5.92 Å². The van der Waals surface area contributed by atoms with Crippen LogP contribution in [0.15, 0.2) is 132 Å². The zero-order valence-corrected chi connectivity index (χ0v) is 30.3. The van der Waals surface area contributed by atoms with Crippen molar-refractivity contribution >= 4 is 45.5 Å². The summed E-state index contributed by atoms with van der Waals surface area (Å²) in [6.07, 6.45) is 13.7. The number of nitrogens with zero attached hydrogens (tertiary/aromatic N) is 4. The van der Waals surface area contributed by atoms with Gasteiger partial charge < -0.3 is 19.8 Å². The van der Waals surface area contributed by atoms with Crippen LogP contribution in [-0.4, -0.2) is 83.3 Å². The molecule has 7 heteroatoms. The van der Waals surface area contributed by atoms with Crippen LogP contribution in [0.4, 0.5) is 17.1 Å². The molecule has 3 aromatic carbocycles. The van der Waals surface area contributed by atoms with E-state index in [0.717, 1.165) is 56.2 Å². The second kappa shape index (κ2) is 15.2. The monoisotopic (exact) mass is 667 g/mol. The number of hydrogen-bond acceptors (Lipinski definition) is 6. The van der Waals surface area contributed by atoms with Gasteiger partial charge in [-0.15, -0.1) is 0 Å². The van der Waals surface area contributed by atoms with Crippen molar-refractivity contribution in [2.75, 3.05) is 71.1 Å². The van der Waals surface area contributed by atoms with E-state index in [4.69, 9.17) is 0 Å². The number of allylic oxidation sites excluding steroid dienone is 11. The standard InChI is InChI=1S/C43H46N4O3/c1-44(2)33-17-9-29(10-18-33)37(30-11-19-34(20-12-30)45(3)4)25-27-39-41(48)40(43(50)42(39)49)28-26-38(31-13-21-35(22-14-31)46(5)6)32-15-23-36(24-16-32)47(7)8/h9-27,40H,28H2,1-8H3/p+1. The summed E-state index contributed by atoms with van der Waals surface area (Å²) in [6, 6.07) is 24.6. The molecule has 0 aliphatic heterocycles. The van der Waals surface area contributed by atoms with Crippen LogP contribution in [-0.2, 0) is 9.59 Å². The summed E-state index contributed by atoms with van der Waals surface area (Å²) in [5.41, 5.74) is 9.94. The number of Topliss-reactive ketones (excluding diaryl/α,β-unsaturated/α-hetero) is 2. The molecule has 1 N–H and O–H groups in total. The number of carbonyl (C=O) groups is 2. The van der Waals surface area contributed by atoms with Gasteiger partial charge in [0.15, 0.2) is 17.3 Å². The van der Waals surface area contributed by atoms with Crippen molar-refractivity contribution in [3.05, 3.63) is 149 Å². The van der Waals surface area contributed by atoms with Crippen LogP contribution < -0.4 is 14.7 Å². The van der Waals surface area contributed by atoms with Gasteiger partial charge in [0.1, 0.15) is 14.1 Å². The van der Waals surface area contributed by atoms with Gasteiger partial charge in [0.25, 0.3) is 0 Å². The Balaban J connectivity index is 1.47. The maximum Gasteiger partial charge on any atom is 0.208 e. The first kappa shape index (κ1) is 35.6. The predicted octanol–water partition coefficient (Wildman–Crippen LogP) is 7.14. The molecule has 0 aromatic heterocycles. The van der Waals surface area contributed by atoms with Crippen LogP contribution in [0.25, 0.3) is 11.1 Å². The third kappa shape index (κ3) is 7.78. The Morgan fingerprint density at radius 3 is 1.52 bits per heavy atom. The Hall–Kier alpha value is -5.69. The van der Waals surface area contributed by atoms with E-state index in [0.29, 0.717) is 0 Å². The SMILES string of the molecule is CN(C)c1ccc(C(=CCC2C(=O)C(O)=C(C=CC(=C3C=CC(=[N+](C)C)C=C3)c3ccc(N(C)C)cc3)C2=O)c2ccc(N(C)C)cc2)cc1. The van der Waals surface area contributed by atoms with E-state index in [1.54, 1.807) is 6.08 Å². The first-order valence-electron chi connectivity index (χ1n) is 16.7. The quantitative estimate of drug-likeness (QED) is 0.183. The highest BCUT2D eigenvalue weighted by Gasteiger charge is 2.39. The minimum Gasteiger partial charge on any atom is -0.504 e. The molecule has 0 saturated carbocycles. The zero-order chi connectivity index (χ0) is 36.1. The topological polar surface area (TPSA) is 67.1 Å². The van der Waals surface area contributed by atoms with E-state index < -0.39 is 17.5 Å². The highest BCUT2D eigenvalue weighted by molar-refractivity contribution is 6.25. The highest BCUT2D eigenvalue weighted by Crippen LogP contribution is 2.33. The van der Waals surface area contributed by atoms with E-state index >= 15 is 0 Å². The predicted molar refractivity (Wildman–Crippen MR) is 209 cm³/mol. The van der Waals surface area contributed by atoms with Gasteiger partial charge in [-0.3, -0.25) is 9.59 Å². The molecule has 0 radical (unpaired) electrons. The van der Waals surface area contributed by atoms with Crippen LogP contribution >= 0.6 is 0 Å². The van der Waals surface area contributed by atoms with Crippen LogP contribution in [0.5, 0.6) is 0 Å². The number of hydrogen-bond donors (Lipinski definition) is 1. The second-order valence-electron chi connectivity index (χ2n) is 13.4. The van der Waals surface area contributed by atoms with Crippen molar-refractivity contribution in [1.82, 2.24) is 0 Å². The molecule has 3 aromatic rings. The van der Waals surface area contributed by atoms with Gasteiger partial charge in [-0.05, 0) is 94.5 Å². The Morgan fingerprint density at radius 2 is 1.10 bits per heavy atom. The molecule has 0 heterocycles. The molecule has 0 bridgehead atoms. The fraction of sp³-hybridized carbons (Fsp3) is 0.233. The van der Waals surface area contributed by atoms with Crippen molar-refractivity contribution in [2.45, 2.75) is 6.42 Å². The Labute approximate surface area is 296 Å². The lowest BCUT2D eigenvalue weighted by Crippen LogP contribution is -2.17. The van der Waals surface area contributed by atoms with Gasteiger partial charge in [-0.25, -0.2) is 4.58 Å². The fourth-order valence-corrected chi connectivity index (χ4v) is 6.02. The molecule has 256 valence electrons. The van der Waals surface area contributed by atoms with E-state index in [9.17, 15) is 14.7 Å². The third-order valence-corrected chi connectivity index (χ3v) is 9.14. The number of anilines is 3. The van der Waals surface area contributed by atoms with Crippen molar-refractivity contribution < 1.29 is 19.3 Å². The molecule has 50 heavy (non-hydrogen) atoms. The minimum atomic E-state index is -1.01. The molecule has 1 unspecified atom stereocenters. The summed E-state index contributed by atoms with van der Waals surface area (Å²) < 4.78 is 2.04. The van der Waals surface area contributed by atoms with Crippen LogP contribution in [0.3, 0.4) is 0 Å². The normalized spacial score (nSPS) is 15.6. The molecule has 0 amide bonds. The summed E-state index contributed by atoms with van der Waals surface area (Å²) in [5, 5.41) is 11.0. The Bertz CT molecular complexity index is 1910. The average molecular weight is 668 g/mol. The largest absolute Gasteiger partial charge is 0.504 e. The first-order chi connectivity index (χ1) is 23.8. The Kier molecular flexibility index (Phi) is 10.9. The summed E-state index contributed by atoms with van der Waals surface area (Å²) in [4.78, 5) is 33.4. The van der Waals surface area contributed by atoms with Gasteiger partial charge in [0.2, 0.25) is 5.78 Å². The first-order valence-corrected chi connectivity index (χ1v) is 16.7. The molecule has 2 aliphatic rings. The van der Waals surface area contributed by atoms with Gasteiger partial charge in [0.05, 0.1) is 11.5 Å². The zero-order valence-electron chi connectivity index (χ0n) is 30.3. The van der Waals surface area contributed by atoms with Crippen LogP contribution in [0, 0.1) is 5.92 Å². The highest BCUT2D eigenvalue weighted by atomic mass is 16.3. The van der Waals surface area contributed by atoms with Crippen molar-refractivity contribution in [1.29, 1.82) is 0 Å². The van der Waals surface area contributed by atoms with Gasteiger partial charge in [0, 0.05) is 71.5 Å².